The molecule has 0 fully saturated rings. The molecule has 0 heterocycles. The maximum atomic E-state index is 13.6. The van der Waals surface area contributed by atoms with E-state index in [9.17, 15) is 9.18 Å². The van der Waals surface area contributed by atoms with Gasteiger partial charge in [-0.05, 0) is 24.3 Å². The van der Waals surface area contributed by atoms with Crippen LogP contribution in [0, 0.1) is 5.82 Å². The zero-order chi connectivity index (χ0) is 13.8. The summed E-state index contributed by atoms with van der Waals surface area (Å²) in [5.74, 6) is -1.91. The monoisotopic (exact) mass is 280 g/mol. The summed E-state index contributed by atoms with van der Waals surface area (Å²) >= 11 is 5.95. The predicted molar refractivity (Wildman–Crippen MR) is 69.1 cm³/mol. The van der Waals surface area contributed by atoms with Crippen molar-refractivity contribution in [3.05, 3.63) is 64.4 Å². The first-order chi connectivity index (χ1) is 9.08. The van der Waals surface area contributed by atoms with Gasteiger partial charge in [0.2, 0.25) is 0 Å². The molecule has 0 aromatic heterocycles. The number of hydrogen-bond donors (Lipinski definition) is 1. The smallest absolute Gasteiger partial charge is 0.335 e. The third kappa shape index (κ3) is 3.23. The standard InChI is InChI=1S/C14H10ClFO3/c15-11-4-2-1-3-10(11)8-19-13-6-5-9(14(17)18)7-12(13)16/h1-7H,8H2,(H,17,18). The molecular formula is C14H10ClFO3. The number of aromatic carboxylic acids is 1. The van der Waals surface area contributed by atoms with Gasteiger partial charge in [-0.1, -0.05) is 29.8 Å². The molecule has 5 heteroatoms. The van der Waals surface area contributed by atoms with Crippen molar-refractivity contribution in [2.75, 3.05) is 0 Å². The molecule has 0 amide bonds. The van der Waals surface area contributed by atoms with Crippen molar-refractivity contribution in [2.24, 2.45) is 0 Å². The highest BCUT2D eigenvalue weighted by Gasteiger charge is 2.09. The molecule has 0 atom stereocenters. The Bertz CT molecular complexity index is 613. The van der Waals surface area contributed by atoms with E-state index in [2.05, 4.69) is 0 Å². The summed E-state index contributed by atoms with van der Waals surface area (Å²) < 4.78 is 18.9. The highest BCUT2D eigenvalue weighted by molar-refractivity contribution is 6.31. The summed E-state index contributed by atoms with van der Waals surface area (Å²) in [5.41, 5.74) is 0.605. The number of hydrogen-bond acceptors (Lipinski definition) is 2. The van der Waals surface area contributed by atoms with Crippen molar-refractivity contribution in [3.8, 4) is 5.75 Å². The lowest BCUT2D eigenvalue weighted by molar-refractivity contribution is 0.0696. The molecule has 98 valence electrons. The molecule has 3 nitrogen and oxygen atoms in total. The van der Waals surface area contributed by atoms with Crippen LogP contribution in [0.1, 0.15) is 15.9 Å². The van der Waals surface area contributed by atoms with Gasteiger partial charge in [0.1, 0.15) is 6.61 Å². The minimum Gasteiger partial charge on any atom is -0.486 e. The average molecular weight is 281 g/mol. The van der Waals surface area contributed by atoms with Crippen LogP contribution < -0.4 is 4.74 Å². The number of benzene rings is 2. The second kappa shape index (κ2) is 5.71. The van der Waals surface area contributed by atoms with Crippen molar-refractivity contribution in [1.29, 1.82) is 0 Å². The largest absolute Gasteiger partial charge is 0.486 e. The maximum absolute atomic E-state index is 13.6. The number of carbonyl (C=O) groups is 1. The Morgan fingerprint density at radius 1 is 1.26 bits per heavy atom. The predicted octanol–water partition coefficient (Wildman–Crippen LogP) is 3.76. The van der Waals surface area contributed by atoms with E-state index in [-0.39, 0.29) is 17.9 Å². The Morgan fingerprint density at radius 3 is 2.63 bits per heavy atom. The second-order valence-corrected chi connectivity index (χ2v) is 4.24. The minimum atomic E-state index is -1.18. The first kappa shape index (κ1) is 13.4. The molecule has 0 saturated carbocycles. The molecule has 0 spiro atoms. The van der Waals surface area contributed by atoms with E-state index in [1.807, 2.05) is 0 Å². The Morgan fingerprint density at radius 2 is 2.00 bits per heavy atom. The molecule has 2 rings (SSSR count). The summed E-state index contributed by atoms with van der Waals surface area (Å²) in [7, 11) is 0. The molecule has 0 aliphatic heterocycles. The van der Waals surface area contributed by atoms with Gasteiger partial charge in [-0.25, -0.2) is 9.18 Å². The van der Waals surface area contributed by atoms with Gasteiger partial charge < -0.3 is 9.84 Å². The van der Waals surface area contributed by atoms with Gasteiger partial charge in [0.25, 0.3) is 0 Å². The highest BCUT2D eigenvalue weighted by Crippen LogP contribution is 2.22. The number of ether oxygens (including phenoxy) is 1. The van der Waals surface area contributed by atoms with Crippen LogP contribution in [0.3, 0.4) is 0 Å². The van der Waals surface area contributed by atoms with Gasteiger partial charge in [0.05, 0.1) is 5.56 Å². The second-order valence-electron chi connectivity index (χ2n) is 3.83. The maximum Gasteiger partial charge on any atom is 0.335 e. The van der Waals surface area contributed by atoms with Gasteiger partial charge in [0.15, 0.2) is 11.6 Å². The molecular weight excluding hydrogens is 271 g/mol. The fraction of sp³-hybridized carbons (Fsp3) is 0.0714. The van der Waals surface area contributed by atoms with Crippen molar-refractivity contribution in [3.63, 3.8) is 0 Å². The van der Waals surface area contributed by atoms with E-state index in [4.69, 9.17) is 21.4 Å². The zero-order valence-corrected chi connectivity index (χ0v) is 10.5. The zero-order valence-electron chi connectivity index (χ0n) is 9.77. The molecule has 0 aliphatic rings. The molecule has 0 saturated heterocycles. The first-order valence-corrected chi connectivity index (χ1v) is 5.85. The fourth-order valence-electron chi connectivity index (χ4n) is 1.52. The molecule has 0 bridgehead atoms. The topological polar surface area (TPSA) is 46.5 Å². The Balaban J connectivity index is 2.12. The van der Waals surface area contributed by atoms with Crippen molar-refractivity contribution in [1.82, 2.24) is 0 Å². The van der Waals surface area contributed by atoms with E-state index < -0.39 is 11.8 Å². The third-order valence-electron chi connectivity index (χ3n) is 2.52. The van der Waals surface area contributed by atoms with Crippen molar-refractivity contribution >= 4 is 17.6 Å². The van der Waals surface area contributed by atoms with Crippen LogP contribution in [0.5, 0.6) is 5.75 Å². The van der Waals surface area contributed by atoms with E-state index in [0.29, 0.717) is 5.02 Å². The number of carboxylic acid groups (broad SMARTS) is 1. The highest BCUT2D eigenvalue weighted by atomic mass is 35.5. The first-order valence-electron chi connectivity index (χ1n) is 5.47. The van der Waals surface area contributed by atoms with E-state index in [0.717, 1.165) is 11.6 Å². The van der Waals surface area contributed by atoms with Gasteiger partial charge in [-0.2, -0.15) is 0 Å². The van der Waals surface area contributed by atoms with Gasteiger partial charge in [-0.15, -0.1) is 0 Å². The van der Waals surface area contributed by atoms with E-state index >= 15 is 0 Å². The van der Waals surface area contributed by atoms with Crippen LogP contribution in [0.15, 0.2) is 42.5 Å². The summed E-state index contributed by atoms with van der Waals surface area (Å²) in [6, 6.07) is 10.6. The number of rotatable bonds is 4. The Kier molecular flexibility index (Phi) is 4.02. The van der Waals surface area contributed by atoms with Gasteiger partial charge in [0, 0.05) is 10.6 Å². The Labute approximate surface area is 114 Å². The molecule has 0 unspecified atom stereocenters. The van der Waals surface area contributed by atoms with Crippen LogP contribution in [0.25, 0.3) is 0 Å². The summed E-state index contributed by atoms with van der Waals surface area (Å²) in [5, 5.41) is 9.25. The SMILES string of the molecule is O=C(O)c1ccc(OCc2ccccc2Cl)c(F)c1. The number of carboxylic acids is 1. The van der Waals surface area contributed by atoms with Crippen molar-refractivity contribution < 1.29 is 19.0 Å². The van der Waals surface area contributed by atoms with Crippen LogP contribution >= 0.6 is 11.6 Å². The molecule has 19 heavy (non-hydrogen) atoms. The Hall–Kier alpha value is -2.07. The van der Waals surface area contributed by atoms with E-state index in [1.165, 1.54) is 12.1 Å². The summed E-state index contributed by atoms with van der Waals surface area (Å²) in [6.07, 6.45) is 0. The normalized spacial score (nSPS) is 10.2. The van der Waals surface area contributed by atoms with Crippen LogP contribution in [0.4, 0.5) is 4.39 Å². The quantitative estimate of drug-likeness (QED) is 0.927. The lowest BCUT2D eigenvalue weighted by atomic mass is 10.2. The van der Waals surface area contributed by atoms with Gasteiger partial charge in [-0.3, -0.25) is 0 Å². The van der Waals surface area contributed by atoms with Crippen LogP contribution in [-0.4, -0.2) is 11.1 Å². The van der Waals surface area contributed by atoms with Crippen molar-refractivity contribution in [2.45, 2.75) is 6.61 Å². The molecule has 2 aromatic rings. The summed E-state index contributed by atoms with van der Waals surface area (Å²) in [4.78, 5) is 10.7. The lowest BCUT2D eigenvalue weighted by Gasteiger charge is -2.08. The molecule has 2 aromatic carbocycles. The fourth-order valence-corrected chi connectivity index (χ4v) is 1.71. The molecule has 0 radical (unpaired) electrons. The number of halogens is 2. The molecule has 0 aliphatic carbocycles. The minimum absolute atomic E-state index is 0.00933. The van der Waals surface area contributed by atoms with Crippen LogP contribution in [0.2, 0.25) is 5.02 Å². The average Bonchev–Trinajstić information content (AvgIpc) is 2.39. The third-order valence-corrected chi connectivity index (χ3v) is 2.89. The molecule has 1 N–H and O–H groups in total. The van der Waals surface area contributed by atoms with E-state index in [1.54, 1.807) is 24.3 Å². The van der Waals surface area contributed by atoms with Gasteiger partial charge >= 0.3 is 5.97 Å². The van der Waals surface area contributed by atoms with Crippen LogP contribution in [-0.2, 0) is 6.61 Å². The summed E-state index contributed by atoms with van der Waals surface area (Å²) in [6.45, 7) is 0.114. The lowest BCUT2D eigenvalue weighted by Crippen LogP contribution is -2.01.